The van der Waals surface area contributed by atoms with E-state index in [0.29, 0.717) is 29.3 Å². The number of carbonyl (C=O) groups is 2. The number of nitrogens with zero attached hydrogens (tertiary/aromatic N) is 1. The third-order valence-corrected chi connectivity index (χ3v) is 10.4. The summed E-state index contributed by atoms with van der Waals surface area (Å²) in [7, 11) is -6.83. The molecule has 1 heterocycles. The van der Waals surface area contributed by atoms with Crippen LogP contribution in [0.2, 0.25) is 0 Å². The van der Waals surface area contributed by atoms with Gasteiger partial charge in [-0.05, 0) is 88.1 Å². The molecule has 5 rings (SSSR count). The Morgan fingerprint density at radius 3 is 2.25 bits per heavy atom. The summed E-state index contributed by atoms with van der Waals surface area (Å²) in [6.45, 7) is 7.21. The van der Waals surface area contributed by atoms with Crippen molar-refractivity contribution in [3.63, 3.8) is 0 Å². The maximum atomic E-state index is 14.3. The summed E-state index contributed by atoms with van der Waals surface area (Å²) in [6, 6.07) is 15.5. The highest BCUT2D eigenvalue weighted by molar-refractivity contribution is 7.91. The predicted molar refractivity (Wildman–Crippen MR) is 166 cm³/mol. The zero-order chi connectivity index (χ0) is 32.2. The zero-order valence-electron chi connectivity index (χ0n) is 25.3. The van der Waals surface area contributed by atoms with Crippen molar-refractivity contribution in [1.29, 1.82) is 0 Å². The van der Waals surface area contributed by atoms with Gasteiger partial charge < -0.3 is 14.8 Å². The minimum Gasteiger partial charge on any atom is -0.465 e. The van der Waals surface area contributed by atoms with Crippen molar-refractivity contribution in [2.24, 2.45) is 0 Å². The second kappa shape index (κ2) is 11.1. The second-order valence-electron chi connectivity index (χ2n) is 11.9. The Morgan fingerprint density at radius 1 is 0.955 bits per heavy atom. The van der Waals surface area contributed by atoms with Crippen molar-refractivity contribution in [2.75, 3.05) is 13.4 Å². The highest BCUT2D eigenvalue weighted by atomic mass is 32.2. The highest BCUT2D eigenvalue weighted by Gasteiger charge is 2.32. The van der Waals surface area contributed by atoms with Crippen LogP contribution in [0, 0.1) is 6.92 Å². The van der Waals surface area contributed by atoms with E-state index in [4.69, 9.17) is 9.47 Å². The summed E-state index contributed by atoms with van der Waals surface area (Å²) in [5.74, 6) is -0.867. The molecule has 12 heteroatoms. The lowest BCUT2D eigenvalue weighted by Gasteiger charge is -2.22. The first kappa shape index (κ1) is 31.3. The Hall–Kier alpha value is -4.16. The summed E-state index contributed by atoms with van der Waals surface area (Å²) in [6.07, 6.45) is 1.60. The Labute approximate surface area is 257 Å². The number of carbonyl (C=O) groups excluding carboxylic acids is 2. The number of sulfone groups is 1. The molecule has 1 aromatic heterocycles. The molecule has 232 valence electrons. The molecule has 0 aliphatic heterocycles. The average molecular weight is 639 g/mol. The Bertz CT molecular complexity index is 2020. The molecule has 0 fully saturated rings. The number of hydrogen-bond donors (Lipinski definition) is 1. The van der Waals surface area contributed by atoms with Gasteiger partial charge in [0.1, 0.15) is 5.60 Å². The highest BCUT2D eigenvalue weighted by Crippen LogP contribution is 2.41. The summed E-state index contributed by atoms with van der Waals surface area (Å²) >= 11 is 0. The van der Waals surface area contributed by atoms with Crippen LogP contribution in [-0.4, -0.2) is 51.8 Å². The van der Waals surface area contributed by atoms with Crippen LogP contribution in [0.3, 0.4) is 0 Å². The average Bonchev–Trinajstić information content (AvgIpc) is 3.53. The third kappa shape index (κ3) is 5.83. The summed E-state index contributed by atoms with van der Waals surface area (Å²) in [4.78, 5) is 25.1. The molecule has 1 atom stereocenters. The number of methoxy groups -OCH3 is 1. The van der Waals surface area contributed by atoms with Crippen LogP contribution in [-0.2, 0) is 35.8 Å². The molecule has 10 nitrogen and oxygen atoms in total. The molecule has 0 radical (unpaired) electrons. The monoisotopic (exact) mass is 638 g/mol. The van der Waals surface area contributed by atoms with Crippen molar-refractivity contribution >= 4 is 42.8 Å². The number of esters is 1. The van der Waals surface area contributed by atoms with E-state index in [1.165, 1.54) is 34.3 Å². The van der Waals surface area contributed by atoms with Gasteiger partial charge in [-0.25, -0.2) is 30.4 Å². The quantitative estimate of drug-likeness (QED) is 0.271. The fourth-order valence-corrected chi connectivity index (χ4v) is 7.92. The number of aromatic nitrogens is 1. The number of alkyl carbamates (subject to hydrolysis) is 1. The third-order valence-electron chi connectivity index (χ3n) is 7.48. The summed E-state index contributed by atoms with van der Waals surface area (Å²) in [5, 5.41) is 3.58. The van der Waals surface area contributed by atoms with Crippen molar-refractivity contribution in [3.8, 4) is 11.3 Å². The van der Waals surface area contributed by atoms with Crippen LogP contribution in [0.1, 0.15) is 60.3 Å². The number of amides is 1. The van der Waals surface area contributed by atoms with Gasteiger partial charge >= 0.3 is 12.1 Å². The number of nitrogens with one attached hydrogen (secondary N) is 1. The molecule has 4 aromatic rings. The first-order valence-electron chi connectivity index (χ1n) is 13.9. The van der Waals surface area contributed by atoms with E-state index in [1.54, 1.807) is 45.0 Å². The summed E-state index contributed by atoms with van der Waals surface area (Å²) < 4.78 is 65.0. The van der Waals surface area contributed by atoms with E-state index in [9.17, 15) is 26.4 Å². The topological polar surface area (TPSA) is 138 Å². The summed E-state index contributed by atoms with van der Waals surface area (Å²) in [5.41, 5.74) is 2.70. The van der Waals surface area contributed by atoms with Gasteiger partial charge in [-0.3, -0.25) is 0 Å². The van der Waals surface area contributed by atoms with E-state index in [1.807, 2.05) is 13.0 Å². The van der Waals surface area contributed by atoms with Gasteiger partial charge in [0.05, 0.1) is 39.7 Å². The number of benzene rings is 3. The minimum atomic E-state index is -4.17. The molecule has 1 aliphatic carbocycles. The number of rotatable bonds is 6. The van der Waals surface area contributed by atoms with Gasteiger partial charge in [0.25, 0.3) is 10.0 Å². The zero-order valence-corrected chi connectivity index (χ0v) is 26.9. The Kier molecular flexibility index (Phi) is 7.88. The van der Waals surface area contributed by atoms with Gasteiger partial charge in [0, 0.05) is 17.2 Å². The van der Waals surface area contributed by atoms with E-state index >= 15 is 0 Å². The lowest BCUT2D eigenvalue weighted by molar-refractivity contribution is 0.0502. The van der Waals surface area contributed by atoms with Crippen molar-refractivity contribution in [1.82, 2.24) is 9.29 Å². The van der Waals surface area contributed by atoms with E-state index in [0.717, 1.165) is 30.1 Å². The molecule has 0 saturated carbocycles. The number of aryl methyl sites for hydroxylation is 2. The second-order valence-corrected chi connectivity index (χ2v) is 15.7. The van der Waals surface area contributed by atoms with Gasteiger partial charge in [-0.1, -0.05) is 29.8 Å². The van der Waals surface area contributed by atoms with Crippen LogP contribution < -0.4 is 5.32 Å². The maximum Gasteiger partial charge on any atom is 0.408 e. The molecule has 1 N–H and O–H groups in total. The fourth-order valence-electron chi connectivity index (χ4n) is 5.54. The predicted octanol–water partition coefficient (Wildman–Crippen LogP) is 5.56. The molecule has 3 aromatic carbocycles. The van der Waals surface area contributed by atoms with Crippen LogP contribution in [0.15, 0.2) is 70.5 Å². The fraction of sp³-hybridized carbons (Fsp3) is 0.312. The lowest BCUT2D eigenvalue weighted by atomic mass is 10.0. The first-order valence-corrected chi connectivity index (χ1v) is 17.3. The lowest BCUT2D eigenvalue weighted by Crippen LogP contribution is -2.34. The van der Waals surface area contributed by atoms with Crippen LogP contribution in [0.4, 0.5) is 4.79 Å². The van der Waals surface area contributed by atoms with Crippen LogP contribution in [0.25, 0.3) is 22.2 Å². The Balaban J connectivity index is 1.74. The molecule has 44 heavy (non-hydrogen) atoms. The molecule has 0 spiro atoms. The first-order chi connectivity index (χ1) is 20.5. The molecule has 0 unspecified atom stereocenters. The van der Waals surface area contributed by atoms with Crippen LogP contribution >= 0.6 is 0 Å². The van der Waals surface area contributed by atoms with E-state index < -0.39 is 37.5 Å². The number of hydrogen-bond acceptors (Lipinski definition) is 8. The maximum absolute atomic E-state index is 14.3. The normalized spacial score (nSPS) is 15.2. The van der Waals surface area contributed by atoms with Gasteiger partial charge in [-0.2, -0.15) is 0 Å². The van der Waals surface area contributed by atoms with Crippen molar-refractivity contribution in [2.45, 2.75) is 62.0 Å². The van der Waals surface area contributed by atoms with Crippen molar-refractivity contribution in [3.05, 3.63) is 82.9 Å². The molecular formula is C32H34N2O8S2. The van der Waals surface area contributed by atoms with E-state index in [-0.39, 0.29) is 27.1 Å². The number of fused-ring (bicyclic) bond motifs is 3. The van der Waals surface area contributed by atoms with Gasteiger partial charge in [0.15, 0.2) is 9.84 Å². The largest absolute Gasteiger partial charge is 0.465 e. The molecule has 0 saturated heterocycles. The Morgan fingerprint density at radius 2 is 1.64 bits per heavy atom. The number of ether oxygens (including phenoxy) is 2. The molecule has 1 aliphatic rings. The van der Waals surface area contributed by atoms with E-state index in [2.05, 4.69) is 5.32 Å². The molecule has 0 bridgehead atoms. The molecule has 1 amide bonds. The minimum absolute atomic E-state index is 0.0627. The SMILES string of the molecule is COC(=O)c1cc(-c2cc3c4c(ccc3n2S(=O)(=O)c2ccc(C)cc2)[C@H](NC(=O)OC(C)(C)C)CC4)ccc1S(C)(=O)=O. The van der Waals surface area contributed by atoms with Gasteiger partial charge in [0.2, 0.25) is 0 Å². The molecular weight excluding hydrogens is 604 g/mol. The van der Waals surface area contributed by atoms with Crippen LogP contribution in [0.5, 0.6) is 0 Å². The standard InChI is InChI=1S/C32H34N2O8S2/c1-19-7-10-21(11-8-19)44(39,40)34-27-15-13-23-22(12-14-26(23)33-31(36)42-32(2,3)4)24(27)18-28(34)20-9-16-29(43(6,37)38)25(17-20)30(35)41-5/h7-11,13,15-18,26H,12,14H2,1-6H3,(H,33,36)/t26-/m1/s1. The van der Waals surface area contributed by atoms with Crippen molar-refractivity contribution < 1.29 is 35.9 Å². The van der Waals surface area contributed by atoms with Gasteiger partial charge in [-0.15, -0.1) is 0 Å². The smallest absolute Gasteiger partial charge is 0.408 e.